The first kappa shape index (κ1) is 10.8. The van der Waals surface area contributed by atoms with E-state index in [2.05, 4.69) is 28.4 Å². The summed E-state index contributed by atoms with van der Waals surface area (Å²) in [6.07, 6.45) is 5.27. The molecule has 1 heterocycles. The Morgan fingerprint density at radius 2 is 2.12 bits per heavy atom. The molecule has 1 aromatic heterocycles. The molecule has 17 heavy (non-hydrogen) atoms. The second-order valence-electron chi connectivity index (χ2n) is 5.15. The van der Waals surface area contributed by atoms with Gasteiger partial charge < -0.3 is 5.73 Å². The molecule has 1 fully saturated rings. The topological polar surface area (TPSA) is 54.7 Å². The molecule has 1 aliphatic rings. The van der Waals surface area contributed by atoms with E-state index in [9.17, 15) is 0 Å². The van der Waals surface area contributed by atoms with E-state index < -0.39 is 0 Å². The predicted molar refractivity (Wildman–Crippen MR) is 69.9 cm³/mol. The van der Waals surface area contributed by atoms with Crippen molar-refractivity contribution in [3.05, 3.63) is 29.5 Å². The van der Waals surface area contributed by atoms with Crippen LogP contribution in [-0.2, 0) is 0 Å². The number of H-pyrrole nitrogens is 1. The molecule has 3 heteroatoms. The van der Waals surface area contributed by atoms with Gasteiger partial charge in [-0.05, 0) is 25.3 Å². The van der Waals surface area contributed by atoms with Crippen LogP contribution in [0.25, 0.3) is 10.9 Å². The molecule has 0 radical (unpaired) electrons. The zero-order valence-corrected chi connectivity index (χ0v) is 10.2. The SMILES string of the molecule is CC(N)c1cccc2c(C3CCCC3)[nH]nc12. The molecule has 3 rings (SSSR count). The van der Waals surface area contributed by atoms with Crippen molar-refractivity contribution >= 4 is 10.9 Å². The molecule has 0 saturated heterocycles. The summed E-state index contributed by atoms with van der Waals surface area (Å²) in [5.74, 6) is 0.670. The lowest BCUT2D eigenvalue weighted by molar-refractivity contribution is 0.698. The largest absolute Gasteiger partial charge is 0.324 e. The number of nitrogens with two attached hydrogens (primary N) is 1. The summed E-state index contributed by atoms with van der Waals surface area (Å²) in [5.41, 5.74) is 9.51. The molecule has 1 aliphatic carbocycles. The zero-order valence-electron chi connectivity index (χ0n) is 10.2. The van der Waals surface area contributed by atoms with Gasteiger partial charge in [0.05, 0.1) is 5.52 Å². The number of fused-ring (bicyclic) bond motifs is 1. The van der Waals surface area contributed by atoms with Crippen molar-refractivity contribution in [2.24, 2.45) is 5.73 Å². The zero-order chi connectivity index (χ0) is 11.8. The van der Waals surface area contributed by atoms with Crippen LogP contribution in [0.2, 0.25) is 0 Å². The molecular formula is C14H19N3. The Morgan fingerprint density at radius 1 is 1.35 bits per heavy atom. The Labute approximate surface area is 101 Å². The van der Waals surface area contributed by atoms with Crippen molar-refractivity contribution < 1.29 is 0 Å². The molecular weight excluding hydrogens is 210 g/mol. The molecule has 0 aliphatic heterocycles. The highest BCUT2D eigenvalue weighted by molar-refractivity contribution is 5.85. The monoisotopic (exact) mass is 229 g/mol. The summed E-state index contributed by atoms with van der Waals surface area (Å²) < 4.78 is 0. The lowest BCUT2D eigenvalue weighted by atomic mass is 9.98. The quantitative estimate of drug-likeness (QED) is 0.830. The molecule has 0 bridgehead atoms. The third kappa shape index (κ3) is 1.75. The Balaban J connectivity index is 2.12. The van der Waals surface area contributed by atoms with E-state index in [0.717, 1.165) is 11.1 Å². The Hall–Kier alpha value is -1.35. The standard InChI is InChI=1S/C14H19N3/c1-9(15)11-7-4-8-12-13(16-17-14(11)12)10-5-2-3-6-10/h4,7-10H,2-3,5-6,15H2,1H3,(H,16,17). The summed E-state index contributed by atoms with van der Waals surface area (Å²) in [6, 6.07) is 6.37. The second-order valence-corrected chi connectivity index (χ2v) is 5.15. The number of rotatable bonds is 2. The summed E-state index contributed by atoms with van der Waals surface area (Å²) in [6.45, 7) is 2.01. The molecule has 3 N–H and O–H groups in total. The fourth-order valence-corrected chi connectivity index (χ4v) is 2.97. The summed E-state index contributed by atoms with van der Waals surface area (Å²) in [5, 5.41) is 8.99. The minimum absolute atomic E-state index is 0.0402. The van der Waals surface area contributed by atoms with E-state index in [1.54, 1.807) is 0 Å². The maximum atomic E-state index is 5.99. The molecule has 1 aromatic carbocycles. The summed E-state index contributed by atoms with van der Waals surface area (Å²) in [4.78, 5) is 0. The van der Waals surface area contributed by atoms with Gasteiger partial charge in [0.15, 0.2) is 0 Å². The predicted octanol–water partition coefficient (Wildman–Crippen LogP) is 3.24. The van der Waals surface area contributed by atoms with Crippen molar-refractivity contribution in [2.75, 3.05) is 0 Å². The van der Waals surface area contributed by atoms with Crippen LogP contribution in [0, 0.1) is 0 Å². The number of nitrogens with zero attached hydrogens (tertiary/aromatic N) is 1. The van der Waals surface area contributed by atoms with Gasteiger partial charge in [0.1, 0.15) is 0 Å². The third-order valence-corrected chi connectivity index (χ3v) is 3.90. The maximum Gasteiger partial charge on any atom is 0.0971 e. The van der Waals surface area contributed by atoms with Crippen LogP contribution in [0.4, 0.5) is 0 Å². The fourth-order valence-electron chi connectivity index (χ4n) is 2.97. The van der Waals surface area contributed by atoms with Gasteiger partial charge in [-0.2, -0.15) is 5.10 Å². The van der Waals surface area contributed by atoms with Crippen LogP contribution < -0.4 is 5.73 Å². The van der Waals surface area contributed by atoms with Gasteiger partial charge >= 0.3 is 0 Å². The van der Waals surface area contributed by atoms with Gasteiger partial charge in [0.2, 0.25) is 0 Å². The Morgan fingerprint density at radius 3 is 2.82 bits per heavy atom. The van der Waals surface area contributed by atoms with E-state index in [0.29, 0.717) is 5.92 Å². The highest BCUT2D eigenvalue weighted by atomic mass is 15.1. The van der Waals surface area contributed by atoms with Crippen molar-refractivity contribution in [3.8, 4) is 0 Å². The van der Waals surface area contributed by atoms with Gasteiger partial charge in [0, 0.05) is 23.0 Å². The molecule has 3 nitrogen and oxygen atoms in total. The second kappa shape index (κ2) is 4.15. The fraction of sp³-hybridized carbons (Fsp3) is 0.500. The van der Waals surface area contributed by atoms with Gasteiger partial charge in [-0.3, -0.25) is 5.10 Å². The van der Waals surface area contributed by atoms with E-state index >= 15 is 0 Å². The first-order valence-electron chi connectivity index (χ1n) is 6.50. The van der Waals surface area contributed by atoms with Crippen LogP contribution >= 0.6 is 0 Å². The van der Waals surface area contributed by atoms with Gasteiger partial charge in [-0.15, -0.1) is 0 Å². The molecule has 0 amide bonds. The first-order chi connectivity index (χ1) is 8.27. The number of benzene rings is 1. The molecule has 1 saturated carbocycles. The van der Waals surface area contributed by atoms with Crippen LogP contribution in [0.15, 0.2) is 18.2 Å². The van der Waals surface area contributed by atoms with Crippen molar-refractivity contribution in [1.82, 2.24) is 10.2 Å². The normalized spacial score (nSPS) is 18.9. The Bertz CT molecular complexity index is 521. The highest BCUT2D eigenvalue weighted by Gasteiger charge is 2.22. The molecule has 90 valence electrons. The van der Waals surface area contributed by atoms with E-state index in [-0.39, 0.29) is 6.04 Å². The van der Waals surface area contributed by atoms with Crippen molar-refractivity contribution in [3.63, 3.8) is 0 Å². The molecule has 1 unspecified atom stereocenters. The van der Waals surface area contributed by atoms with Crippen molar-refractivity contribution in [2.45, 2.75) is 44.6 Å². The van der Waals surface area contributed by atoms with E-state index in [4.69, 9.17) is 5.73 Å². The maximum absolute atomic E-state index is 5.99. The van der Waals surface area contributed by atoms with Crippen LogP contribution in [0.3, 0.4) is 0 Å². The van der Waals surface area contributed by atoms with E-state index in [1.807, 2.05) is 6.92 Å². The average molecular weight is 229 g/mol. The number of aromatic amines is 1. The lowest BCUT2D eigenvalue weighted by Crippen LogP contribution is -2.05. The minimum atomic E-state index is 0.0402. The molecule has 1 atom stereocenters. The summed E-state index contributed by atoms with van der Waals surface area (Å²) in [7, 11) is 0. The van der Waals surface area contributed by atoms with Crippen LogP contribution in [0.5, 0.6) is 0 Å². The third-order valence-electron chi connectivity index (χ3n) is 3.90. The number of hydrogen-bond donors (Lipinski definition) is 2. The smallest absolute Gasteiger partial charge is 0.0971 e. The number of nitrogens with one attached hydrogen (secondary N) is 1. The number of hydrogen-bond acceptors (Lipinski definition) is 2. The molecule has 2 aromatic rings. The van der Waals surface area contributed by atoms with Crippen LogP contribution in [-0.4, -0.2) is 10.2 Å². The lowest BCUT2D eigenvalue weighted by Gasteiger charge is -2.08. The number of para-hydroxylation sites is 1. The van der Waals surface area contributed by atoms with Gasteiger partial charge in [-0.1, -0.05) is 31.0 Å². The number of aromatic nitrogens is 2. The van der Waals surface area contributed by atoms with Crippen LogP contribution in [0.1, 0.15) is 55.8 Å². The van der Waals surface area contributed by atoms with Crippen molar-refractivity contribution in [1.29, 1.82) is 0 Å². The minimum Gasteiger partial charge on any atom is -0.324 e. The van der Waals surface area contributed by atoms with E-state index in [1.165, 1.54) is 36.8 Å². The molecule has 0 spiro atoms. The van der Waals surface area contributed by atoms with Gasteiger partial charge in [-0.25, -0.2) is 0 Å². The first-order valence-corrected chi connectivity index (χ1v) is 6.50. The highest BCUT2D eigenvalue weighted by Crippen LogP contribution is 2.37. The van der Waals surface area contributed by atoms with Gasteiger partial charge in [0.25, 0.3) is 0 Å². The average Bonchev–Trinajstić information content (AvgIpc) is 2.96. The summed E-state index contributed by atoms with van der Waals surface area (Å²) >= 11 is 0. The Kier molecular flexibility index (Phi) is 2.63.